The molecular formula is C21H17ClN2OS. The molecule has 1 atom stereocenters. The van der Waals surface area contributed by atoms with Crippen molar-refractivity contribution in [3.8, 4) is 0 Å². The van der Waals surface area contributed by atoms with E-state index in [0.29, 0.717) is 5.02 Å². The molecule has 3 aromatic rings. The van der Waals surface area contributed by atoms with Gasteiger partial charge in [0.15, 0.2) is 0 Å². The Hall–Kier alpha value is -2.43. The van der Waals surface area contributed by atoms with E-state index in [-0.39, 0.29) is 12.1 Å². The maximum atomic E-state index is 12.5. The Morgan fingerprint density at radius 1 is 0.962 bits per heavy atom. The lowest BCUT2D eigenvalue weighted by molar-refractivity contribution is 0.248. The Kier molecular flexibility index (Phi) is 4.87. The van der Waals surface area contributed by atoms with Crippen LogP contribution in [0.4, 0.5) is 10.5 Å². The number of fused-ring (bicyclic) bond motifs is 2. The number of anilines is 1. The van der Waals surface area contributed by atoms with Crippen LogP contribution in [0.1, 0.15) is 17.2 Å². The first kappa shape index (κ1) is 17.0. The van der Waals surface area contributed by atoms with Gasteiger partial charge in [0.1, 0.15) is 0 Å². The SMILES string of the molecule is O=C(Nc1ccccc1)N[C@@H]1Cc2ccccc2Sc2ccc(Cl)cc21. The smallest absolute Gasteiger partial charge is 0.319 e. The van der Waals surface area contributed by atoms with Gasteiger partial charge in [0.2, 0.25) is 0 Å². The van der Waals surface area contributed by atoms with E-state index in [2.05, 4.69) is 22.8 Å². The number of amides is 2. The van der Waals surface area contributed by atoms with Crippen molar-refractivity contribution < 1.29 is 4.79 Å². The number of carbonyl (C=O) groups is 1. The third-order valence-corrected chi connectivity index (χ3v) is 5.75. The van der Waals surface area contributed by atoms with Crippen molar-refractivity contribution in [2.24, 2.45) is 0 Å². The zero-order valence-electron chi connectivity index (χ0n) is 13.9. The van der Waals surface area contributed by atoms with Crippen LogP contribution < -0.4 is 10.6 Å². The Morgan fingerprint density at radius 3 is 2.58 bits per heavy atom. The molecule has 0 saturated carbocycles. The molecule has 3 aromatic carbocycles. The average Bonchev–Trinajstić information content (AvgIpc) is 2.79. The molecule has 1 aliphatic heterocycles. The number of urea groups is 1. The van der Waals surface area contributed by atoms with Gasteiger partial charge >= 0.3 is 6.03 Å². The summed E-state index contributed by atoms with van der Waals surface area (Å²) in [6.07, 6.45) is 0.721. The minimum atomic E-state index is -0.225. The predicted molar refractivity (Wildman–Crippen MR) is 107 cm³/mol. The molecule has 0 radical (unpaired) electrons. The molecule has 0 aliphatic carbocycles. The van der Waals surface area contributed by atoms with Gasteiger partial charge in [0.25, 0.3) is 0 Å². The maximum Gasteiger partial charge on any atom is 0.319 e. The summed E-state index contributed by atoms with van der Waals surface area (Å²) in [4.78, 5) is 14.9. The van der Waals surface area contributed by atoms with Crippen molar-refractivity contribution in [1.29, 1.82) is 0 Å². The molecule has 3 nitrogen and oxygen atoms in total. The number of para-hydroxylation sites is 1. The number of carbonyl (C=O) groups excluding carboxylic acids is 1. The van der Waals surface area contributed by atoms with Gasteiger partial charge in [-0.05, 0) is 53.9 Å². The first-order chi connectivity index (χ1) is 12.7. The molecule has 0 saturated heterocycles. The average molecular weight is 381 g/mol. The van der Waals surface area contributed by atoms with Crippen LogP contribution in [-0.4, -0.2) is 6.03 Å². The van der Waals surface area contributed by atoms with Crippen molar-refractivity contribution >= 4 is 35.1 Å². The number of benzene rings is 3. The highest BCUT2D eigenvalue weighted by molar-refractivity contribution is 7.99. The minimum Gasteiger partial charge on any atom is -0.331 e. The fourth-order valence-electron chi connectivity index (χ4n) is 3.08. The summed E-state index contributed by atoms with van der Waals surface area (Å²) in [5.41, 5.74) is 3.02. The summed E-state index contributed by atoms with van der Waals surface area (Å²) in [6.45, 7) is 0. The lowest BCUT2D eigenvalue weighted by Gasteiger charge is -2.20. The summed E-state index contributed by atoms with van der Waals surface area (Å²) >= 11 is 7.95. The summed E-state index contributed by atoms with van der Waals surface area (Å²) in [5.74, 6) is 0. The second-order valence-corrected chi connectivity index (χ2v) is 7.63. The fourth-order valence-corrected chi connectivity index (χ4v) is 4.38. The number of halogens is 1. The molecule has 26 heavy (non-hydrogen) atoms. The molecule has 1 heterocycles. The quantitative estimate of drug-likeness (QED) is 0.580. The molecular weight excluding hydrogens is 364 g/mol. The van der Waals surface area contributed by atoms with Crippen molar-refractivity contribution in [2.45, 2.75) is 22.3 Å². The van der Waals surface area contributed by atoms with Crippen molar-refractivity contribution in [1.82, 2.24) is 5.32 Å². The molecule has 5 heteroatoms. The van der Waals surface area contributed by atoms with Gasteiger partial charge in [0, 0.05) is 20.5 Å². The molecule has 4 rings (SSSR count). The van der Waals surface area contributed by atoms with E-state index >= 15 is 0 Å². The van der Waals surface area contributed by atoms with E-state index in [1.165, 1.54) is 10.5 Å². The van der Waals surface area contributed by atoms with Crippen LogP contribution in [-0.2, 0) is 6.42 Å². The van der Waals surface area contributed by atoms with Crippen LogP contribution in [0.3, 0.4) is 0 Å². The van der Waals surface area contributed by atoms with Gasteiger partial charge < -0.3 is 10.6 Å². The van der Waals surface area contributed by atoms with Gasteiger partial charge in [0.05, 0.1) is 6.04 Å². The van der Waals surface area contributed by atoms with Crippen LogP contribution in [0.2, 0.25) is 5.02 Å². The van der Waals surface area contributed by atoms with Crippen LogP contribution in [0.15, 0.2) is 82.6 Å². The molecule has 130 valence electrons. The second-order valence-electron chi connectivity index (χ2n) is 6.11. The standard InChI is InChI=1S/C21H17ClN2OS/c22-15-10-11-20-17(13-15)18(12-14-6-4-5-9-19(14)26-20)24-21(25)23-16-7-2-1-3-8-16/h1-11,13,18H,12H2,(H2,23,24,25)/t18-/m1/s1. The first-order valence-corrected chi connectivity index (χ1v) is 9.56. The van der Waals surface area contributed by atoms with E-state index in [1.54, 1.807) is 11.8 Å². The maximum absolute atomic E-state index is 12.5. The van der Waals surface area contributed by atoms with Gasteiger partial charge in [-0.1, -0.05) is 59.8 Å². The highest BCUT2D eigenvalue weighted by Gasteiger charge is 2.24. The van der Waals surface area contributed by atoms with Gasteiger partial charge in [-0.2, -0.15) is 0 Å². The number of rotatable bonds is 2. The monoisotopic (exact) mass is 380 g/mol. The van der Waals surface area contributed by atoms with E-state index in [4.69, 9.17) is 11.6 Å². The summed E-state index contributed by atoms with van der Waals surface area (Å²) in [7, 11) is 0. The molecule has 2 amide bonds. The third kappa shape index (κ3) is 3.71. The zero-order valence-corrected chi connectivity index (χ0v) is 15.5. The zero-order chi connectivity index (χ0) is 17.9. The molecule has 2 N–H and O–H groups in total. The highest BCUT2D eigenvalue weighted by Crippen LogP contribution is 2.41. The Bertz CT molecular complexity index is 946. The molecule has 0 spiro atoms. The fraction of sp³-hybridized carbons (Fsp3) is 0.0952. The van der Waals surface area contributed by atoms with Gasteiger partial charge in [-0.25, -0.2) is 4.79 Å². The number of nitrogens with one attached hydrogen (secondary N) is 2. The van der Waals surface area contributed by atoms with Crippen LogP contribution >= 0.6 is 23.4 Å². The molecule has 0 unspecified atom stereocenters. The Labute approximate surface area is 161 Å². The van der Waals surface area contributed by atoms with E-state index in [9.17, 15) is 4.79 Å². The Morgan fingerprint density at radius 2 is 1.73 bits per heavy atom. The van der Waals surface area contributed by atoms with E-state index in [0.717, 1.165) is 22.6 Å². The van der Waals surface area contributed by atoms with Crippen molar-refractivity contribution in [2.75, 3.05) is 5.32 Å². The largest absolute Gasteiger partial charge is 0.331 e. The molecule has 0 bridgehead atoms. The third-order valence-electron chi connectivity index (χ3n) is 4.30. The molecule has 0 fully saturated rings. The van der Waals surface area contributed by atoms with E-state index < -0.39 is 0 Å². The summed E-state index contributed by atoms with van der Waals surface area (Å²) in [6, 6.07) is 23.2. The van der Waals surface area contributed by atoms with Gasteiger partial charge in [-0.15, -0.1) is 0 Å². The van der Waals surface area contributed by atoms with Crippen molar-refractivity contribution in [3.63, 3.8) is 0 Å². The highest BCUT2D eigenvalue weighted by atomic mass is 35.5. The van der Waals surface area contributed by atoms with Gasteiger partial charge in [-0.3, -0.25) is 0 Å². The molecule has 0 aromatic heterocycles. The van der Waals surface area contributed by atoms with Crippen LogP contribution in [0.5, 0.6) is 0 Å². The van der Waals surface area contributed by atoms with Crippen molar-refractivity contribution in [3.05, 3.63) is 88.9 Å². The van der Waals surface area contributed by atoms with Crippen LogP contribution in [0.25, 0.3) is 0 Å². The number of hydrogen-bond donors (Lipinski definition) is 2. The lowest BCUT2D eigenvalue weighted by atomic mass is 9.99. The van der Waals surface area contributed by atoms with E-state index in [1.807, 2.05) is 60.7 Å². The first-order valence-electron chi connectivity index (χ1n) is 8.37. The lowest BCUT2D eigenvalue weighted by Crippen LogP contribution is -2.33. The minimum absolute atomic E-state index is 0.149. The Balaban J connectivity index is 1.63. The predicted octanol–water partition coefficient (Wildman–Crippen LogP) is 5.91. The second kappa shape index (κ2) is 7.44. The summed E-state index contributed by atoms with van der Waals surface area (Å²) in [5, 5.41) is 6.67. The topological polar surface area (TPSA) is 41.1 Å². The molecule has 1 aliphatic rings. The van der Waals surface area contributed by atoms with Crippen LogP contribution in [0, 0.1) is 0 Å². The normalized spacial score (nSPS) is 15.3. The number of hydrogen-bond acceptors (Lipinski definition) is 2. The summed E-state index contributed by atoms with van der Waals surface area (Å²) < 4.78 is 0.